The van der Waals surface area contributed by atoms with Gasteiger partial charge in [-0.25, -0.2) is 4.99 Å². The zero-order valence-corrected chi connectivity index (χ0v) is 12.9. The van der Waals surface area contributed by atoms with Gasteiger partial charge in [0.1, 0.15) is 5.66 Å². The van der Waals surface area contributed by atoms with Gasteiger partial charge in [0.2, 0.25) is 6.79 Å². The lowest BCUT2D eigenvalue weighted by atomic mass is 9.96. The number of ether oxygens (including phenoxy) is 2. The third-order valence-electron chi connectivity index (χ3n) is 3.91. The number of guanidine groups is 1. The van der Waals surface area contributed by atoms with Crippen molar-refractivity contribution < 1.29 is 9.47 Å². The van der Waals surface area contributed by atoms with Gasteiger partial charge in [-0.1, -0.05) is 6.07 Å². The van der Waals surface area contributed by atoms with E-state index in [9.17, 15) is 0 Å². The number of nitrogens with two attached hydrogens (primary N) is 2. The predicted molar refractivity (Wildman–Crippen MR) is 90.2 cm³/mol. The lowest BCUT2D eigenvalue weighted by Gasteiger charge is -2.32. The van der Waals surface area contributed by atoms with Crippen molar-refractivity contribution in [3.63, 3.8) is 0 Å². The fourth-order valence-electron chi connectivity index (χ4n) is 2.86. The maximum Gasteiger partial charge on any atom is 0.231 e. The van der Waals surface area contributed by atoms with Crippen molar-refractivity contribution in [3.05, 3.63) is 59.9 Å². The van der Waals surface area contributed by atoms with E-state index < -0.39 is 5.66 Å². The Morgan fingerprint density at radius 3 is 2.75 bits per heavy atom. The van der Waals surface area contributed by atoms with Crippen LogP contribution in [0, 0.1) is 0 Å². The number of fused-ring (bicyclic) bond motifs is 1. The van der Waals surface area contributed by atoms with Crippen molar-refractivity contribution in [1.82, 2.24) is 10.3 Å². The molecule has 122 valence electrons. The zero-order valence-electron chi connectivity index (χ0n) is 12.9. The van der Waals surface area contributed by atoms with Crippen LogP contribution in [-0.4, -0.2) is 23.4 Å². The summed E-state index contributed by atoms with van der Waals surface area (Å²) in [5, 5.41) is 3.05. The monoisotopic (exact) mass is 323 g/mol. The Morgan fingerprint density at radius 2 is 1.92 bits per heavy atom. The van der Waals surface area contributed by atoms with Crippen LogP contribution in [0.4, 0.5) is 0 Å². The highest BCUT2D eigenvalue weighted by Gasteiger charge is 2.29. The first-order valence-electron chi connectivity index (χ1n) is 7.54. The van der Waals surface area contributed by atoms with Crippen LogP contribution >= 0.6 is 0 Å². The quantitative estimate of drug-likeness (QED) is 0.777. The molecule has 7 nitrogen and oxygen atoms in total. The summed E-state index contributed by atoms with van der Waals surface area (Å²) in [7, 11) is 0. The second-order valence-electron chi connectivity index (χ2n) is 5.79. The van der Waals surface area contributed by atoms with Gasteiger partial charge in [0.15, 0.2) is 17.5 Å². The topological polar surface area (TPSA) is 108 Å². The van der Waals surface area contributed by atoms with Gasteiger partial charge in [0, 0.05) is 24.4 Å². The van der Waals surface area contributed by atoms with Crippen molar-refractivity contribution >= 4 is 11.7 Å². The van der Waals surface area contributed by atoms with Crippen LogP contribution < -0.4 is 26.3 Å². The normalized spacial score (nSPS) is 21.7. The molecular weight excluding hydrogens is 306 g/mol. The smallest absolute Gasteiger partial charge is 0.231 e. The number of hydrogen-bond donors (Lipinski definition) is 3. The molecule has 0 saturated carbocycles. The van der Waals surface area contributed by atoms with Gasteiger partial charge in [-0.05, 0) is 35.9 Å². The summed E-state index contributed by atoms with van der Waals surface area (Å²) in [6.07, 6.45) is 5.82. The Bertz CT molecular complexity index is 834. The van der Waals surface area contributed by atoms with E-state index in [2.05, 4.69) is 15.3 Å². The Kier molecular flexibility index (Phi) is 3.35. The molecule has 1 unspecified atom stereocenters. The highest BCUT2D eigenvalue weighted by molar-refractivity contribution is 5.88. The first-order valence-corrected chi connectivity index (χ1v) is 7.54. The molecule has 0 bridgehead atoms. The fraction of sp³-hybridized carbons (Fsp3) is 0.176. The van der Waals surface area contributed by atoms with Gasteiger partial charge in [-0.3, -0.25) is 4.98 Å². The van der Waals surface area contributed by atoms with Crippen molar-refractivity contribution in [3.8, 4) is 11.5 Å². The van der Waals surface area contributed by atoms with Crippen LogP contribution in [-0.2, 0) is 6.42 Å². The molecule has 2 aliphatic heterocycles. The van der Waals surface area contributed by atoms with E-state index in [1.54, 1.807) is 12.4 Å². The molecule has 1 aromatic carbocycles. The number of benzene rings is 1. The van der Waals surface area contributed by atoms with Gasteiger partial charge in [0.25, 0.3) is 0 Å². The first kappa shape index (κ1) is 14.5. The summed E-state index contributed by atoms with van der Waals surface area (Å²) in [4.78, 5) is 8.36. The van der Waals surface area contributed by atoms with Crippen LogP contribution in [0.1, 0.15) is 11.1 Å². The number of nitrogens with zero attached hydrogens (tertiary/aromatic N) is 2. The molecule has 5 N–H and O–H groups in total. The number of aliphatic imine (C=N–C) groups is 1. The highest BCUT2D eigenvalue weighted by Crippen LogP contribution is 2.33. The minimum Gasteiger partial charge on any atom is -0.454 e. The van der Waals surface area contributed by atoms with E-state index in [1.165, 1.54) is 0 Å². The molecule has 1 atom stereocenters. The molecule has 0 spiro atoms. The molecule has 7 heteroatoms. The van der Waals surface area contributed by atoms with Crippen LogP contribution in [0.25, 0.3) is 5.70 Å². The van der Waals surface area contributed by atoms with Gasteiger partial charge in [-0.15, -0.1) is 0 Å². The second kappa shape index (κ2) is 5.54. The van der Waals surface area contributed by atoms with Crippen molar-refractivity contribution in [2.24, 2.45) is 16.5 Å². The highest BCUT2D eigenvalue weighted by atomic mass is 16.7. The summed E-state index contributed by atoms with van der Waals surface area (Å²) in [6.45, 7) is 0.247. The van der Waals surface area contributed by atoms with Gasteiger partial charge >= 0.3 is 0 Å². The third kappa shape index (κ3) is 2.77. The summed E-state index contributed by atoms with van der Waals surface area (Å²) in [5.74, 6) is 1.76. The summed E-state index contributed by atoms with van der Waals surface area (Å²) >= 11 is 0. The van der Waals surface area contributed by atoms with E-state index >= 15 is 0 Å². The van der Waals surface area contributed by atoms with Crippen LogP contribution in [0.2, 0.25) is 0 Å². The van der Waals surface area contributed by atoms with Crippen molar-refractivity contribution in [2.75, 3.05) is 6.79 Å². The molecule has 2 aromatic rings. The van der Waals surface area contributed by atoms with E-state index in [0.717, 1.165) is 28.3 Å². The maximum absolute atomic E-state index is 6.52. The van der Waals surface area contributed by atoms with Gasteiger partial charge in [0.05, 0.1) is 5.70 Å². The van der Waals surface area contributed by atoms with Gasteiger partial charge in [-0.2, -0.15) is 0 Å². The average Bonchev–Trinajstić information content (AvgIpc) is 3.02. The molecule has 0 fully saturated rings. The van der Waals surface area contributed by atoms with Crippen molar-refractivity contribution in [1.29, 1.82) is 0 Å². The summed E-state index contributed by atoms with van der Waals surface area (Å²) in [5.41, 5.74) is 14.2. The van der Waals surface area contributed by atoms with Crippen molar-refractivity contribution in [2.45, 2.75) is 12.1 Å². The lowest BCUT2D eigenvalue weighted by Crippen LogP contribution is -2.59. The molecule has 4 rings (SSSR count). The molecule has 1 aromatic heterocycles. The molecule has 3 heterocycles. The number of hydrogen-bond acceptors (Lipinski definition) is 7. The summed E-state index contributed by atoms with van der Waals surface area (Å²) in [6, 6.07) is 9.52. The molecule has 24 heavy (non-hydrogen) atoms. The van der Waals surface area contributed by atoms with E-state index in [-0.39, 0.29) is 12.8 Å². The Hall–Kier alpha value is -3.06. The molecular formula is C17H17N5O2. The molecule has 0 radical (unpaired) electrons. The zero-order chi connectivity index (χ0) is 16.6. The first-order chi connectivity index (χ1) is 11.6. The van der Waals surface area contributed by atoms with Crippen LogP contribution in [0.3, 0.4) is 0 Å². The largest absolute Gasteiger partial charge is 0.454 e. The second-order valence-corrected chi connectivity index (χ2v) is 5.79. The number of nitrogens with one attached hydrogen (secondary N) is 1. The Labute approximate surface area is 139 Å². The average molecular weight is 323 g/mol. The van der Waals surface area contributed by atoms with Gasteiger partial charge < -0.3 is 26.3 Å². The standard InChI is InChI=1S/C17H17N5O2/c18-16-21-13(12-3-5-20-6-4-12)9-17(19,22-16)8-11-1-2-14-15(7-11)24-10-23-14/h1-7,9H,8,10,19H2,(H3,18,21,22). The number of aromatic nitrogens is 1. The minimum absolute atomic E-state index is 0.247. The Balaban J connectivity index is 1.64. The SMILES string of the molecule is NC1=NC(c2ccncc2)=CC(N)(Cc2ccc3c(c2)OCO3)N1. The van der Waals surface area contributed by atoms with Crippen LogP contribution in [0.15, 0.2) is 53.8 Å². The van der Waals surface area contributed by atoms with E-state index in [4.69, 9.17) is 20.9 Å². The summed E-state index contributed by atoms with van der Waals surface area (Å²) < 4.78 is 10.8. The van der Waals surface area contributed by atoms with E-state index in [1.807, 2.05) is 36.4 Å². The number of pyridine rings is 1. The molecule has 0 amide bonds. The third-order valence-corrected chi connectivity index (χ3v) is 3.91. The molecule has 0 saturated heterocycles. The van der Waals surface area contributed by atoms with Crippen LogP contribution in [0.5, 0.6) is 11.5 Å². The fourth-order valence-corrected chi connectivity index (χ4v) is 2.86. The van der Waals surface area contributed by atoms with E-state index in [0.29, 0.717) is 6.42 Å². The molecule has 0 aliphatic carbocycles. The maximum atomic E-state index is 6.52. The Morgan fingerprint density at radius 1 is 1.12 bits per heavy atom. The lowest BCUT2D eigenvalue weighted by molar-refractivity contribution is 0.174. The molecule has 2 aliphatic rings. The minimum atomic E-state index is -0.849. The number of rotatable bonds is 3. The predicted octanol–water partition coefficient (Wildman–Crippen LogP) is 0.967.